The molecule has 0 saturated heterocycles. The van der Waals surface area contributed by atoms with Gasteiger partial charge in [-0.05, 0) is 6.92 Å². The Labute approximate surface area is 113 Å². The third-order valence-corrected chi connectivity index (χ3v) is 2.56. The van der Waals surface area contributed by atoms with Crippen LogP contribution in [0.15, 0.2) is 12.2 Å². The van der Waals surface area contributed by atoms with Crippen molar-refractivity contribution in [2.24, 2.45) is 5.41 Å². The molecule has 0 bridgehead atoms. The highest BCUT2D eigenvalue weighted by Gasteiger charge is 2.91. The number of rotatable bonds is 3. The zero-order valence-electron chi connectivity index (χ0n) is 10.1. The van der Waals surface area contributed by atoms with Gasteiger partial charge in [-0.2, -0.15) is 57.1 Å². The van der Waals surface area contributed by atoms with Gasteiger partial charge in [0.25, 0.3) is 0 Å². The summed E-state index contributed by atoms with van der Waals surface area (Å²) in [6.45, 7) is 0.314. The maximum atomic E-state index is 13.2. The van der Waals surface area contributed by atoms with Crippen LogP contribution in [0.3, 0.4) is 0 Å². The molecule has 0 atom stereocenters. The fraction of sp³-hybridized carbons (Fsp3) is 0.778. The average Bonchev–Trinajstić information content (AvgIpc) is 2.19. The van der Waals surface area contributed by atoms with E-state index in [-0.39, 0.29) is 6.08 Å². The van der Waals surface area contributed by atoms with Gasteiger partial charge in [0.05, 0.1) is 0 Å². The quantitative estimate of drug-likeness (QED) is 0.460. The first-order chi connectivity index (χ1) is 9.31. The van der Waals surface area contributed by atoms with E-state index in [1.807, 2.05) is 0 Å². The topological polar surface area (TPSA) is 0 Å². The molecule has 0 saturated carbocycles. The first-order valence-electron chi connectivity index (χ1n) is 4.91. The summed E-state index contributed by atoms with van der Waals surface area (Å²) in [5.74, 6) is -15.2. The van der Waals surface area contributed by atoms with Crippen molar-refractivity contribution in [1.29, 1.82) is 0 Å². The molecular weight excluding hydrogens is 355 g/mol. The molecule has 22 heavy (non-hydrogen) atoms. The van der Waals surface area contributed by atoms with E-state index in [0.29, 0.717) is 6.92 Å². The molecule has 0 N–H and O–H groups in total. The zero-order chi connectivity index (χ0) is 18.4. The van der Waals surface area contributed by atoms with Gasteiger partial charge in [0, 0.05) is 0 Å². The van der Waals surface area contributed by atoms with E-state index < -0.39 is 41.9 Å². The van der Waals surface area contributed by atoms with E-state index in [1.165, 1.54) is 0 Å². The minimum absolute atomic E-state index is 0.314. The van der Waals surface area contributed by atoms with Crippen molar-refractivity contribution in [2.75, 3.05) is 0 Å². The summed E-state index contributed by atoms with van der Waals surface area (Å²) in [5, 5.41) is 0. The van der Waals surface area contributed by atoms with Crippen molar-refractivity contribution >= 4 is 0 Å². The lowest BCUT2D eigenvalue weighted by atomic mass is 9.75. The van der Waals surface area contributed by atoms with Crippen molar-refractivity contribution in [1.82, 2.24) is 0 Å². The number of halogens is 13. The van der Waals surface area contributed by atoms with Crippen LogP contribution in [0.4, 0.5) is 57.1 Å². The maximum Gasteiger partial charge on any atom is 0.459 e. The van der Waals surface area contributed by atoms with Crippen molar-refractivity contribution in [3.63, 3.8) is 0 Å². The summed E-state index contributed by atoms with van der Waals surface area (Å²) in [6.07, 6.45) is -23.5. The second-order valence-electron chi connectivity index (χ2n) is 3.95. The van der Waals surface area contributed by atoms with Crippen molar-refractivity contribution in [3.05, 3.63) is 12.2 Å². The Kier molecular flexibility index (Phi) is 4.91. The third-order valence-electron chi connectivity index (χ3n) is 2.56. The Bertz CT molecular complexity index is 404. The van der Waals surface area contributed by atoms with E-state index in [9.17, 15) is 57.1 Å². The number of alkyl halides is 13. The lowest BCUT2D eigenvalue weighted by Crippen LogP contribution is -2.69. The average molecular weight is 360 g/mol. The van der Waals surface area contributed by atoms with Crippen molar-refractivity contribution in [3.8, 4) is 0 Å². The summed E-state index contributed by atoms with van der Waals surface area (Å²) in [7, 11) is 0. The van der Waals surface area contributed by atoms with Crippen LogP contribution in [0, 0.1) is 5.41 Å². The van der Waals surface area contributed by atoms with Crippen molar-refractivity contribution in [2.45, 2.75) is 37.3 Å². The predicted molar refractivity (Wildman–Crippen MR) is 45.3 cm³/mol. The summed E-state index contributed by atoms with van der Waals surface area (Å²) < 4.78 is 163. The van der Waals surface area contributed by atoms with E-state index in [1.54, 1.807) is 0 Å². The lowest BCUT2D eigenvalue weighted by Gasteiger charge is -2.43. The summed E-state index contributed by atoms with van der Waals surface area (Å²) in [5.41, 5.74) is -6.72. The highest BCUT2D eigenvalue weighted by Crippen LogP contribution is 2.65. The Morgan fingerprint density at radius 1 is 0.500 bits per heavy atom. The van der Waals surface area contributed by atoms with Gasteiger partial charge < -0.3 is 0 Å². The molecule has 0 aliphatic heterocycles. The summed E-state index contributed by atoms with van der Waals surface area (Å²) in [4.78, 5) is 0. The van der Waals surface area contributed by atoms with Crippen LogP contribution < -0.4 is 0 Å². The molecule has 0 spiro atoms. The molecule has 13 heteroatoms. The Hall–Kier alpha value is -1.17. The molecule has 132 valence electrons. The molecule has 0 amide bonds. The van der Waals surface area contributed by atoms with Crippen LogP contribution in [-0.4, -0.2) is 30.4 Å². The molecule has 0 aromatic carbocycles. The van der Waals surface area contributed by atoms with Gasteiger partial charge in [0.15, 0.2) is 0 Å². The van der Waals surface area contributed by atoms with E-state index in [0.717, 1.165) is 0 Å². The van der Waals surface area contributed by atoms with Crippen molar-refractivity contribution < 1.29 is 57.1 Å². The van der Waals surface area contributed by atoms with E-state index >= 15 is 0 Å². The van der Waals surface area contributed by atoms with E-state index in [2.05, 4.69) is 0 Å². The molecule has 0 heterocycles. The SMILES string of the molecule is C/C=C/C(C(F)(F)F)(C(F)(F)F)C(F)(F)C(F)(F)C(F)(F)F. The Balaban J connectivity index is 6.84. The van der Waals surface area contributed by atoms with Gasteiger partial charge in [-0.1, -0.05) is 12.2 Å². The Morgan fingerprint density at radius 3 is 1.00 bits per heavy atom. The van der Waals surface area contributed by atoms with Gasteiger partial charge in [0.1, 0.15) is 0 Å². The van der Waals surface area contributed by atoms with Crippen LogP contribution in [0.2, 0.25) is 0 Å². The highest BCUT2D eigenvalue weighted by atomic mass is 19.4. The predicted octanol–water partition coefficient (Wildman–Crippen LogP) is 5.51. The summed E-state index contributed by atoms with van der Waals surface area (Å²) in [6, 6.07) is 0. The van der Waals surface area contributed by atoms with E-state index in [4.69, 9.17) is 0 Å². The molecule has 0 radical (unpaired) electrons. The van der Waals surface area contributed by atoms with Gasteiger partial charge in [-0.25, -0.2) is 0 Å². The second-order valence-corrected chi connectivity index (χ2v) is 3.95. The monoisotopic (exact) mass is 360 g/mol. The summed E-state index contributed by atoms with van der Waals surface area (Å²) >= 11 is 0. The molecule has 0 aromatic heterocycles. The smallest absolute Gasteiger partial charge is 0.198 e. The van der Waals surface area contributed by atoms with Gasteiger partial charge in [-0.3, -0.25) is 0 Å². The fourth-order valence-electron chi connectivity index (χ4n) is 1.49. The van der Waals surface area contributed by atoms with Gasteiger partial charge in [0.2, 0.25) is 5.41 Å². The first-order valence-corrected chi connectivity index (χ1v) is 4.91. The largest absolute Gasteiger partial charge is 0.459 e. The van der Waals surface area contributed by atoms with Crippen LogP contribution >= 0.6 is 0 Å². The molecule has 0 aliphatic carbocycles. The van der Waals surface area contributed by atoms with Crippen LogP contribution in [0.25, 0.3) is 0 Å². The number of hydrogen-bond acceptors (Lipinski definition) is 0. The molecule has 0 rings (SSSR count). The normalized spacial score (nSPS) is 16.5. The van der Waals surface area contributed by atoms with Crippen LogP contribution in [0.5, 0.6) is 0 Å². The number of allylic oxidation sites excluding steroid dienone is 2. The molecule has 0 fully saturated rings. The standard InChI is InChI=1S/C9H5F13/c1-2-3-4(7(14,15)16,8(17,18)19)5(10,11)6(12,13)9(20,21)22/h2-3H,1H3/b3-2+. The molecule has 0 aliphatic rings. The number of hydrogen-bond donors (Lipinski definition) is 0. The van der Waals surface area contributed by atoms with Crippen LogP contribution in [0.1, 0.15) is 6.92 Å². The molecule has 0 unspecified atom stereocenters. The Morgan fingerprint density at radius 2 is 0.818 bits per heavy atom. The lowest BCUT2D eigenvalue weighted by molar-refractivity contribution is -0.446. The van der Waals surface area contributed by atoms with Gasteiger partial charge >= 0.3 is 30.4 Å². The zero-order valence-corrected chi connectivity index (χ0v) is 10.1. The minimum Gasteiger partial charge on any atom is -0.198 e. The molecular formula is C9H5F13. The van der Waals surface area contributed by atoms with Gasteiger partial charge in [-0.15, -0.1) is 0 Å². The second kappa shape index (κ2) is 5.18. The molecule has 0 nitrogen and oxygen atoms in total. The van der Waals surface area contributed by atoms with Crippen LogP contribution in [-0.2, 0) is 0 Å². The minimum atomic E-state index is -7.59. The first kappa shape index (κ1) is 20.8. The fourth-order valence-corrected chi connectivity index (χ4v) is 1.49. The highest BCUT2D eigenvalue weighted by molar-refractivity contribution is 5.19. The third kappa shape index (κ3) is 2.62. The molecule has 0 aromatic rings. The maximum absolute atomic E-state index is 13.2.